The average Bonchev–Trinajstić information content (AvgIpc) is 3.15. The highest BCUT2D eigenvalue weighted by Gasteiger charge is 2.40. The Kier molecular flexibility index (Phi) is 5.22. The molecule has 0 saturated heterocycles. The zero-order chi connectivity index (χ0) is 18.0. The normalized spacial score (nSPS) is 25.0. The van der Waals surface area contributed by atoms with Crippen LogP contribution in [0.3, 0.4) is 0 Å². The molecule has 2 bridgehead atoms. The molecule has 3 rings (SSSR count). The summed E-state index contributed by atoms with van der Waals surface area (Å²) in [6.07, 6.45) is 5.74. The van der Waals surface area contributed by atoms with Gasteiger partial charge in [-0.25, -0.2) is 8.42 Å². The van der Waals surface area contributed by atoms with Crippen molar-refractivity contribution in [1.82, 2.24) is 5.32 Å². The van der Waals surface area contributed by atoms with Gasteiger partial charge in [0.1, 0.15) is 12.3 Å². The van der Waals surface area contributed by atoms with Crippen LogP contribution in [-0.4, -0.2) is 39.8 Å². The molecule has 1 amide bonds. The summed E-state index contributed by atoms with van der Waals surface area (Å²) in [5, 5.41) is 3.05. The standard InChI is InChI=1S/C18H26N2O4S/c1-3-24-17-7-5-4-6-16(17)20(25(2,22)23)12-18(21)19-15-11-13-8-9-14(15)10-13/h4-7,13-15H,3,8-12H2,1-2H3,(H,19,21)/t13-,14+,15-/m1/s1. The van der Waals surface area contributed by atoms with Crippen molar-refractivity contribution in [3.05, 3.63) is 24.3 Å². The fourth-order valence-corrected chi connectivity index (χ4v) is 4.99. The first kappa shape index (κ1) is 18.0. The Hall–Kier alpha value is -1.76. The number of amides is 1. The first-order chi connectivity index (χ1) is 11.9. The predicted molar refractivity (Wildman–Crippen MR) is 97.2 cm³/mol. The molecule has 7 heteroatoms. The SMILES string of the molecule is CCOc1ccccc1N(CC(=O)N[C@@H]1C[C@@H]2CC[C@H]1C2)S(C)(=O)=O. The summed E-state index contributed by atoms with van der Waals surface area (Å²) in [7, 11) is -3.61. The van der Waals surface area contributed by atoms with Crippen molar-refractivity contribution in [3.8, 4) is 5.75 Å². The zero-order valence-corrected chi connectivity index (χ0v) is 15.6. The highest BCUT2D eigenvalue weighted by molar-refractivity contribution is 7.92. The van der Waals surface area contributed by atoms with Crippen molar-refractivity contribution >= 4 is 21.6 Å². The van der Waals surface area contributed by atoms with E-state index < -0.39 is 10.0 Å². The molecule has 0 unspecified atom stereocenters. The van der Waals surface area contributed by atoms with Gasteiger partial charge in [0.2, 0.25) is 15.9 Å². The molecule has 1 aromatic rings. The lowest BCUT2D eigenvalue weighted by Crippen LogP contribution is -2.45. The molecule has 2 saturated carbocycles. The van der Waals surface area contributed by atoms with Crippen molar-refractivity contribution in [2.24, 2.45) is 11.8 Å². The van der Waals surface area contributed by atoms with Gasteiger partial charge in [-0.3, -0.25) is 9.10 Å². The van der Waals surface area contributed by atoms with E-state index in [1.165, 1.54) is 19.3 Å². The molecule has 2 aliphatic rings. The minimum absolute atomic E-state index is 0.190. The molecule has 25 heavy (non-hydrogen) atoms. The Morgan fingerprint density at radius 1 is 1.28 bits per heavy atom. The number of nitrogens with one attached hydrogen (secondary N) is 1. The number of hydrogen-bond acceptors (Lipinski definition) is 4. The fraction of sp³-hybridized carbons (Fsp3) is 0.611. The number of sulfonamides is 1. The van der Waals surface area contributed by atoms with Gasteiger partial charge in [0, 0.05) is 6.04 Å². The molecular formula is C18H26N2O4S. The van der Waals surface area contributed by atoms with Gasteiger partial charge in [-0.15, -0.1) is 0 Å². The fourth-order valence-electron chi connectivity index (χ4n) is 4.13. The minimum Gasteiger partial charge on any atom is -0.492 e. The number of fused-ring (bicyclic) bond motifs is 2. The van der Waals surface area contributed by atoms with Crippen LogP contribution in [0.1, 0.15) is 32.6 Å². The number of rotatable bonds is 7. The van der Waals surface area contributed by atoms with Gasteiger partial charge in [-0.1, -0.05) is 18.6 Å². The van der Waals surface area contributed by atoms with Crippen LogP contribution in [0.5, 0.6) is 5.75 Å². The molecule has 0 heterocycles. The molecule has 2 aliphatic carbocycles. The third kappa shape index (κ3) is 4.08. The second-order valence-electron chi connectivity index (χ2n) is 7.02. The van der Waals surface area contributed by atoms with Crippen LogP contribution in [0.4, 0.5) is 5.69 Å². The number of nitrogens with zero attached hydrogens (tertiary/aromatic N) is 1. The van der Waals surface area contributed by atoms with Crippen molar-refractivity contribution in [2.45, 2.75) is 38.6 Å². The molecule has 2 fully saturated rings. The summed E-state index contributed by atoms with van der Waals surface area (Å²) in [4.78, 5) is 12.5. The van der Waals surface area contributed by atoms with Crippen LogP contribution in [0.15, 0.2) is 24.3 Å². The van der Waals surface area contributed by atoms with E-state index in [0.717, 1.165) is 22.9 Å². The number of hydrogen-bond donors (Lipinski definition) is 1. The second-order valence-corrected chi connectivity index (χ2v) is 8.93. The molecular weight excluding hydrogens is 340 g/mol. The minimum atomic E-state index is -3.61. The number of carbonyl (C=O) groups is 1. The van der Waals surface area contributed by atoms with E-state index in [2.05, 4.69) is 5.32 Å². The van der Waals surface area contributed by atoms with Gasteiger partial charge in [0.15, 0.2) is 0 Å². The van der Waals surface area contributed by atoms with Crippen molar-refractivity contribution < 1.29 is 17.9 Å². The van der Waals surface area contributed by atoms with Crippen molar-refractivity contribution in [1.29, 1.82) is 0 Å². The van der Waals surface area contributed by atoms with Crippen LogP contribution in [0, 0.1) is 11.8 Å². The number of carbonyl (C=O) groups excluding carboxylic acids is 1. The Morgan fingerprint density at radius 2 is 2.04 bits per heavy atom. The van der Waals surface area contributed by atoms with Gasteiger partial charge >= 0.3 is 0 Å². The molecule has 1 N–H and O–H groups in total. The molecule has 3 atom stereocenters. The molecule has 0 spiro atoms. The Morgan fingerprint density at radius 3 is 2.64 bits per heavy atom. The number of ether oxygens (including phenoxy) is 1. The molecule has 138 valence electrons. The first-order valence-electron chi connectivity index (χ1n) is 8.87. The highest BCUT2D eigenvalue weighted by Crippen LogP contribution is 2.44. The highest BCUT2D eigenvalue weighted by atomic mass is 32.2. The summed E-state index contributed by atoms with van der Waals surface area (Å²) in [5.41, 5.74) is 0.398. The van der Waals surface area contributed by atoms with E-state index in [1.807, 2.05) is 6.92 Å². The molecule has 0 aliphatic heterocycles. The maximum Gasteiger partial charge on any atom is 0.241 e. The summed E-state index contributed by atoms with van der Waals surface area (Å²) >= 11 is 0. The maximum absolute atomic E-state index is 12.5. The Balaban J connectivity index is 1.75. The van der Waals surface area contributed by atoms with Crippen molar-refractivity contribution in [2.75, 3.05) is 23.7 Å². The summed E-state index contributed by atoms with van der Waals surface area (Å²) in [6, 6.07) is 7.09. The van der Waals surface area contributed by atoms with Crippen LogP contribution in [0.2, 0.25) is 0 Å². The molecule has 0 radical (unpaired) electrons. The van der Waals surface area contributed by atoms with Crippen LogP contribution in [-0.2, 0) is 14.8 Å². The van der Waals surface area contributed by atoms with Gasteiger partial charge < -0.3 is 10.1 Å². The predicted octanol–water partition coefficient (Wildman–Crippen LogP) is 2.16. The topological polar surface area (TPSA) is 75.7 Å². The number of benzene rings is 1. The summed E-state index contributed by atoms with van der Waals surface area (Å²) in [6.45, 7) is 2.03. The number of anilines is 1. The maximum atomic E-state index is 12.5. The van der Waals surface area contributed by atoms with Crippen LogP contribution >= 0.6 is 0 Å². The van der Waals surface area contributed by atoms with E-state index in [1.54, 1.807) is 24.3 Å². The van der Waals surface area contributed by atoms with Crippen molar-refractivity contribution in [3.63, 3.8) is 0 Å². The zero-order valence-electron chi connectivity index (χ0n) is 14.8. The lowest BCUT2D eigenvalue weighted by Gasteiger charge is -2.27. The first-order valence-corrected chi connectivity index (χ1v) is 10.7. The Labute approximate surface area is 149 Å². The summed E-state index contributed by atoms with van der Waals surface area (Å²) in [5.74, 6) is 1.48. The second kappa shape index (κ2) is 7.23. The molecule has 6 nitrogen and oxygen atoms in total. The van der Waals surface area contributed by atoms with E-state index in [0.29, 0.717) is 24.0 Å². The van der Waals surface area contributed by atoms with Gasteiger partial charge in [-0.05, 0) is 50.2 Å². The number of para-hydroxylation sites is 2. The Bertz CT molecular complexity index is 734. The van der Waals surface area contributed by atoms with Crippen LogP contribution in [0.25, 0.3) is 0 Å². The van der Waals surface area contributed by atoms with E-state index in [9.17, 15) is 13.2 Å². The third-order valence-electron chi connectivity index (χ3n) is 5.21. The van der Waals surface area contributed by atoms with Gasteiger partial charge in [-0.2, -0.15) is 0 Å². The largest absolute Gasteiger partial charge is 0.492 e. The lowest BCUT2D eigenvalue weighted by atomic mass is 9.95. The van der Waals surface area contributed by atoms with Crippen LogP contribution < -0.4 is 14.4 Å². The summed E-state index contributed by atoms with van der Waals surface area (Å²) < 4.78 is 31.2. The smallest absolute Gasteiger partial charge is 0.241 e. The van der Waals surface area contributed by atoms with Gasteiger partial charge in [0.05, 0.1) is 18.6 Å². The van der Waals surface area contributed by atoms with E-state index >= 15 is 0 Å². The average molecular weight is 366 g/mol. The van der Waals surface area contributed by atoms with E-state index in [-0.39, 0.29) is 18.5 Å². The van der Waals surface area contributed by atoms with E-state index in [4.69, 9.17) is 4.74 Å². The lowest BCUT2D eigenvalue weighted by molar-refractivity contribution is -0.120. The molecule has 0 aromatic heterocycles. The quantitative estimate of drug-likeness (QED) is 0.802. The monoisotopic (exact) mass is 366 g/mol. The third-order valence-corrected chi connectivity index (χ3v) is 6.33. The molecule has 1 aromatic carbocycles. The van der Waals surface area contributed by atoms with Gasteiger partial charge in [0.25, 0.3) is 0 Å².